The van der Waals surface area contributed by atoms with E-state index in [0.29, 0.717) is 31.4 Å². The molecule has 144 valence electrons. The van der Waals surface area contributed by atoms with E-state index in [1.54, 1.807) is 18.5 Å². The van der Waals surface area contributed by atoms with Crippen LogP contribution in [-0.2, 0) is 6.54 Å². The Labute approximate surface area is 164 Å². The fourth-order valence-corrected chi connectivity index (χ4v) is 3.29. The SMILES string of the molecule is Cc1cc(N2CCOc3c(O)cc(-c4cccnc4)cc3C2)nc(N(C)C)n1. The van der Waals surface area contributed by atoms with Gasteiger partial charge in [0.2, 0.25) is 5.95 Å². The molecule has 2 aromatic heterocycles. The summed E-state index contributed by atoms with van der Waals surface area (Å²) >= 11 is 0. The lowest BCUT2D eigenvalue weighted by molar-refractivity contribution is 0.311. The lowest BCUT2D eigenvalue weighted by Gasteiger charge is -2.23. The fourth-order valence-electron chi connectivity index (χ4n) is 3.29. The summed E-state index contributed by atoms with van der Waals surface area (Å²) in [5.74, 6) is 2.20. The van der Waals surface area contributed by atoms with E-state index < -0.39 is 0 Å². The first-order chi connectivity index (χ1) is 13.5. The quantitative estimate of drug-likeness (QED) is 0.752. The smallest absolute Gasteiger partial charge is 0.226 e. The van der Waals surface area contributed by atoms with Crippen molar-refractivity contribution in [1.82, 2.24) is 15.0 Å². The Kier molecular flexibility index (Phi) is 4.73. The van der Waals surface area contributed by atoms with Crippen LogP contribution in [0.3, 0.4) is 0 Å². The van der Waals surface area contributed by atoms with Crippen LogP contribution in [-0.4, -0.2) is 47.3 Å². The van der Waals surface area contributed by atoms with Gasteiger partial charge in [0, 0.05) is 55.9 Å². The van der Waals surface area contributed by atoms with Gasteiger partial charge in [-0.2, -0.15) is 4.98 Å². The van der Waals surface area contributed by atoms with Crippen LogP contribution in [0, 0.1) is 6.92 Å². The third-order valence-electron chi connectivity index (χ3n) is 4.66. The molecule has 0 amide bonds. The Morgan fingerprint density at radius 3 is 2.75 bits per heavy atom. The largest absolute Gasteiger partial charge is 0.504 e. The van der Waals surface area contributed by atoms with Crippen LogP contribution in [0.5, 0.6) is 11.5 Å². The highest BCUT2D eigenvalue weighted by molar-refractivity contribution is 5.69. The molecule has 1 aliphatic heterocycles. The summed E-state index contributed by atoms with van der Waals surface area (Å²) < 4.78 is 5.87. The summed E-state index contributed by atoms with van der Waals surface area (Å²) in [6, 6.07) is 9.60. The standard InChI is InChI=1S/C21H23N5O2/c1-14-9-19(24-21(23-14)25(2)3)26-7-8-28-20-17(13-26)10-16(11-18(20)27)15-5-4-6-22-12-15/h4-6,9-12,27H,7-8,13H2,1-3H3. The minimum absolute atomic E-state index is 0.144. The van der Waals surface area contributed by atoms with Crippen molar-refractivity contribution in [2.45, 2.75) is 13.5 Å². The molecule has 3 heterocycles. The minimum Gasteiger partial charge on any atom is -0.504 e. The van der Waals surface area contributed by atoms with E-state index in [-0.39, 0.29) is 5.75 Å². The van der Waals surface area contributed by atoms with Crippen molar-refractivity contribution >= 4 is 11.8 Å². The molecule has 3 aromatic rings. The van der Waals surface area contributed by atoms with Crippen LogP contribution < -0.4 is 14.5 Å². The van der Waals surface area contributed by atoms with Crippen molar-refractivity contribution < 1.29 is 9.84 Å². The summed E-state index contributed by atoms with van der Waals surface area (Å²) in [6.07, 6.45) is 3.52. The minimum atomic E-state index is 0.144. The van der Waals surface area contributed by atoms with Crippen LogP contribution in [0.25, 0.3) is 11.1 Å². The molecule has 28 heavy (non-hydrogen) atoms. The number of rotatable bonds is 3. The Bertz CT molecular complexity index is 992. The van der Waals surface area contributed by atoms with Crippen molar-refractivity contribution in [1.29, 1.82) is 0 Å². The molecule has 0 unspecified atom stereocenters. The van der Waals surface area contributed by atoms with Gasteiger partial charge in [0.1, 0.15) is 12.4 Å². The summed E-state index contributed by atoms with van der Waals surface area (Å²) in [5.41, 5.74) is 3.68. The molecular formula is C21H23N5O2. The maximum Gasteiger partial charge on any atom is 0.226 e. The molecule has 0 saturated carbocycles. The number of pyridine rings is 1. The lowest BCUT2D eigenvalue weighted by atomic mass is 10.0. The number of aromatic nitrogens is 3. The second-order valence-electron chi connectivity index (χ2n) is 7.06. The predicted molar refractivity (Wildman–Crippen MR) is 109 cm³/mol. The number of anilines is 2. The van der Waals surface area contributed by atoms with Crippen molar-refractivity contribution in [2.24, 2.45) is 0 Å². The van der Waals surface area contributed by atoms with E-state index in [1.165, 1.54) is 0 Å². The molecule has 0 fully saturated rings. The highest BCUT2D eigenvalue weighted by Crippen LogP contribution is 2.38. The maximum atomic E-state index is 10.5. The van der Waals surface area contributed by atoms with E-state index in [4.69, 9.17) is 4.74 Å². The zero-order chi connectivity index (χ0) is 19.7. The van der Waals surface area contributed by atoms with E-state index in [9.17, 15) is 5.11 Å². The van der Waals surface area contributed by atoms with Gasteiger partial charge in [0.15, 0.2) is 11.5 Å². The Morgan fingerprint density at radius 2 is 2.00 bits per heavy atom. The number of aryl methyl sites for hydroxylation is 1. The molecule has 7 nitrogen and oxygen atoms in total. The normalized spacial score (nSPS) is 13.5. The van der Waals surface area contributed by atoms with E-state index in [1.807, 2.05) is 50.2 Å². The van der Waals surface area contributed by atoms with Crippen molar-refractivity contribution in [2.75, 3.05) is 37.0 Å². The lowest BCUT2D eigenvalue weighted by Crippen LogP contribution is -2.27. The molecular weight excluding hydrogens is 354 g/mol. The van der Waals surface area contributed by atoms with Gasteiger partial charge >= 0.3 is 0 Å². The van der Waals surface area contributed by atoms with Gasteiger partial charge < -0.3 is 19.6 Å². The second kappa shape index (κ2) is 7.34. The third kappa shape index (κ3) is 3.55. The summed E-state index contributed by atoms with van der Waals surface area (Å²) in [7, 11) is 3.86. The number of fused-ring (bicyclic) bond motifs is 1. The molecule has 7 heteroatoms. The van der Waals surface area contributed by atoms with Gasteiger partial charge in [-0.15, -0.1) is 0 Å². The average Bonchev–Trinajstić information content (AvgIpc) is 2.91. The zero-order valence-electron chi connectivity index (χ0n) is 16.3. The first kappa shape index (κ1) is 18.0. The molecule has 4 rings (SSSR count). The summed E-state index contributed by atoms with van der Waals surface area (Å²) in [4.78, 5) is 17.4. The number of hydrogen-bond donors (Lipinski definition) is 1. The Balaban J connectivity index is 1.73. The predicted octanol–water partition coefficient (Wildman–Crippen LogP) is 3.02. The van der Waals surface area contributed by atoms with Crippen LogP contribution in [0.1, 0.15) is 11.3 Å². The van der Waals surface area contributed by atoms with E-state index >= 15 is 0 Å². The number of phenols is 1. The van der Waals surface area contributed by atoms with Gasteiger partial charge in [-0.05, 0) is 30.7 Å². The fraction of sp³-hybridized carbons (Fsp3) is 0.286. The van der Waals surface area contributed by atoms with Crippen molar-refractivity contribution in [3.63, 3.8) is 0 Å². The molecule has 0 aliphatic carbocycles. The van der Waals surface area contributed by atoms with Crippen LogP contribution >= 0.6 is 0 Å². The second-order valence-corrected chi connectivity index (χ2v) is 7.06. The number of nitrogens with zero attached hydrogens (tertiary/aromatic N) is 5. The van der Waals surface area contributed by atoms with Gasteiger partial charge in [-0.3, -0.25) is 4.98 Å². The molecule has 1 aliphatic rings. The third-order valence-corrected chi connectivity index (χ3v) is 4.66. The number of benzene rings is 1. The van der Waals surface area contributed by atoms with Gasteiger partial charge in [-0.25, -0.2) is 4.98 Å². The number of phenolic OH excluding ortho intramolecular Hbond substituents is 1. The molecule has 0 atom stereocenters. The monoisotopic (exact) mass is 377 g/mol. The zero-order valence-corrected chi connectivity index (χ0v) is 16.3. The average molecular weight is 377 g/mol. The summed E-state index contributed by atoms with van der Waals surface area (Å²) in [5, 5.41) is 10.5. The molecule has 0 spiro atoms. The van der Waals surface area contributed by atoms with Crippen molar-refractivity contribution in [3.05, 3.63) is 54.0 Å². The summed E-state index contributed by atoms with van der Waals surface area (Å²) in [6.45, 7) is 3.68. The van der Waals surface area contributed by atoms with E-state index in [2.05, 4.69) is 19.9 Å². The number of aromatic hydroxyl groups is 1. The number of ether oxygens (including phenoxy) is 1. The number of hydrogen-bond acceptors (Lipinski definition) is 7. The molecule has 1 N–H and O–H groups in total. The highest BCUT2D eigenvalue weighted by atomic mass is 16.5. The van der Waals surface area contributed by atoms with Crippen LogP contribution in [0.2, 0.25) is 0 Å². The van der Waals surface area contributed by atoms with E-state index in [0.717, 1.165) is 28.2 Å². The first-order valence-electron chi connectivity index (χ1n) is 9.18. The van der Waals surface area contributed by atoms with Gasteiger partial charge in [0.05, 0.1) is 6.54 Å². The Hall–Kier alpha value is -3.35. The van der Waals surface area contributed by atoms with Crippen LogP contribution in [0.15, 0.2) is 42.7 Å². The Morgan fingerprint density at radius 1 is 1.14 bits per heavy atom. The highest BCUT2D eigenvalue weighted by Gasteiger charge is 2.21. The first-order valence-corrected chi connectivity index (χ1v) is 9.18. The molecule has 0 saturated heterocycles. The van der Waals surface area contributed by atoms with Crippen molar-refractivity contribution in [3.8, 4) is 22.6 Å². The maximum absolute atomic E-state index is 10.5. The molecule has 0 bridgehead atoms. The molecule has 0 radical (unpaired) electrons. The molecule has 1 aromatic carbocycles. The van der Waals surface area contributed by atoms with Gasteiger partial charge in [-0.1, -0.05) is 6.07 Å². The van der Waals surface area contributed by atoms with Gasteiger partial charge in [0.25, 0.3) is 0 Å². The topological polar surface area (TPSA) is 74.6 Å². The van der Waals surface area contributed by atoms with Crippen LogP contribution in [0.4, 0.5) is 11.8 Å².